The molecule has 6 amide bonds. The van der Waals surface area contributed by atoms with E-state index in [1.807, 2.05) is 65.0 Å². The molecule has 1 saturated carbocycles. The number of carbonyl (C=O) groups excluding carboxylic acids is 7. The number of nitrogens with zero attached hydrogens (tertiary/aromatic N) is 1. The second-order valence-electron chi connectivity index (χ2n) is 16.7. The van der Waals surface area contributed by atoms with Crippen molar-refractivity contribution in [3.05, 3.63) is 35.9 Å². The fourth-order valence-electron chi connectivity index (χ4n) is 6.98. The van der Waals surface area contributed by atoms with Crippen LogP contribution in [0.2, 0.25) is 0 Å². The fourth-order valence-corrected chi connectivity index (χ4v) is 6.98. The average Bonchev–Trinajstić information content (AvgIpc) is 3.60. The molecular formula is C41H64N6O9. The number of ketones is 1. The van der Waals surface area contributed by atoms with Crippen LogP contribution in [0.5, 0.6) is 0 Å². The molecule has 0 bridgehead atoms. The van der Waals surface area contributed by atoms with E-state index in [4.69, 9.17) is 15.2 Å². The Morgan fingerprint density at radius 1 is 0.911 bits per heavy atom. The summed E-state index contributed by atoms with van der Waals surface area (Å²) in [7, 11) is 0. The van der Waals surface area contributed by atoms with E-state index in [-0.39, 0.29) is 49.9 Å². The number of benzene rings is 1. The lowest BCUT2D eigenvalue weighted by atomic mass is 9.83. The predicted molar refractivity (Wildman–Crippen MR) is 209 cm³/mol. The summed E-state index contributed by atoms with van der Waals surface area (Å²) in [5.41, 5.74) is 6.28. The maximum Gasteiger partial charge on any atom is 0.407 e. The molecule has 1 aliphatic heterocycles. The van der Waals surface area contributed by atoms with E-state index in [2.05, 4.69) is 21.3 Å². The summed E-state index contributed by atoms with van der Waals surface area (Å²) >= 11 is 0. The Kier molecular flexibility index (Phi) is 18.2. The van der Waals surface area contributed by atoms with Gasteiger partial charge in [-0.25, -0.2) is 4.79 Å². The first-order valence-electron chi connectivity index (χ1n) is 20.1. The van der Waals surface area contributed by atoms with Crippen molar-refractivity contribution in [2.45, 2.75) is 143 Å². The molecule has 0 radical (unpaired) electrons. The van der Waals surface area contributed by atoms with Gasteiger partial charge in [0.25, 0.3) is 5.91 Å². The van der Waals surface area contributed by atoms with E-state index in [1.165, 1.54) is 4.90 Å². The summed E-state index contributed by atoms with van der Waals surface area (Å²) in [6.07, 6.45) is 4.60. The molecule has 2 aliphatic rings. The Hall–Kier alpha value is -4.53. The number of ether oxygens (including phenoxy) is 2. The van der Waals surface area contributed by atoms with Crippen molar-refractivity contribution in [2.24, 2.45) is 23.0 Å². The van der Waals surface area contributed by atoms with Crippen molar-refractivity contribution in [1.82, 2.24) is 26.2 Å². The van der Waals surface area contributed by atoms with Gasteiger partial charge in [-0.2, -0.15) is 0 Å². The molecule has 0 spiro atoms. The lowest BCUT2D eigenvalue weighted by molar-refractivity contribution is -0.143. The Morgan fingerprint density at radius 3 is 2.20 bits per heavy atom. The number of hydrogen-bond donors (Lipinski definition) is 5. The van der Waals surface area contributed by atoms with Gasteiger partial charge in [-0.3, -0.25) is 28.8 Å². The van der Waals surface area contributed by atoms with Crippen LogP contribution >= 0.6 is 0 Å². The number of nitrogens with one attached hydrogen (secondary N) is 4. The van der Waals surface area contributed by atoms with Gasteiger partial charge in [0.05, 0.1) is 31.9 Å². The molecule has 0 aromatic heterocycles. The molecule has 15 nitrogen and oxygen atoms in total. The number of hydrogen-bond acceptors (Lipinski definition) is 9. The van der Waals surface area contributed by atoms with Crippen LogP contribution < -0.4 is 27.0 Å². The van der Waals surface area contributed by atoms with E-state index < -0.39 is 78.2 Å². The van der Waals surface area contributed by atoms with Crippen molar-refractivity contribution >= 4 is 41.4 Å². The Labute approximate surface area is 331 Å². The minimum absolute atomic E-state index is 0.0692. The van der Waals surface area contributed by atoms with Gasteiger partial charge in [0, 0.05) is 13.0 Å². The lowest BCUT2D eigenvalue weighted by Crippen LogP contribution is -2.58. The van der Waals surface area contributed by atoms with Crippen LogP contribution in [-0.2, 0) is 44.8 Å². The molecule has 5 atom stereocenters. The number of rotatable bonds is 20. The predicted octanol–water partition coefficient (Wildman–Crippen LogP) is 3.27. The van der Waals surface area contributed by atoms with E-state index >= 15 is 0 Å². The van der Waals surface area contributed by atoms with Gasteiger partial charge in [-0.15, -0.1) is 0 Å². The van der Waals surface area contributed by atoms with Crippen LogP contribution in [0.3, 0.4) is 0 Å². The molecule has 56 heavy (non-hydrogen) atoms. The fraction of sp³-hybridized carbons (Fsp3) is 0.683. The third-order valence-electron chi connectivity index (χ3n) is 10.1. The van der Waals surface area contributed by atoms with Gasteiger partial charge in [0.1, 0.15) is 18.1 Å². The molecule has 312 valence electrons. The molecular weight excluding hydrogens is 720 g/mol. The number of likely N-dealkylation sites (tertiary alicyclic amines) is 1. The van der Waals surface area contributed by atoms with Gasteiger partial charge < -0.3 is 41.4 Å². The normalized spacial score (nSPS) is 19.0. The topological polar surface area (TPSA) is 215 Å². The van der Waals surface area contributed by atoms with E-state index in [0.717, 1.165) is 37.7 Å². The Bertz CT molecular complexity index is 1490. The largest absolute Gasteiger partial charge is 0.449 e. The van der Waals surface area contributed by atoms with Crippen LogP contribution in [-0.4, -0.2) is 96.3 Å². The van der Waals surface area contributed by atoms with E-state index in [0.29, 0.717) is 19.3 Å². The maximum absolute atomic E-state index is 14.5. The first-order valence-corrected chi connectivity index (χ1v) is 20.1. The summed E-state index contributed by atoms with van der Waals surface area (Å²) in [6, 6.07) is 5.28. The summed E-state index contributed by atoms with van der Waals surface area (Å²) in [5, 5.41) is 10.3. The highest BCUT2D eigenvalue weighted by atomic mass is 16.5. The SMILES string of the molecule is CCCC(NC(=O)[C@@H]1C[C@@H](OCc2ccccc2)CN1C(=O)C(NC(=O)OCC(C)C)C1CCCCC1)C(=O)C(=O)NCC(=O)NC(CCC(C)(C)C)C(N)=O. The van der Waals surface area contributed by atoms with Crippen LogP contribution in [0, 0.1) is 17.3 Å². The summed E-state index contributed by atoms with van der Waals surface area (Å²) in [6.45, 7) is 11.5. The first kappa shape index (κ1) is 45.9. The number of nitrogens with two attached hydrogens (primary N) is 1. The second-order valence-corrected chi connectivity index (χ2v) is 16.7. The molecule has 2 fully saturated rings. The molecule has 1 aromatic rings. The minimum Gasteiger partial charge on any atom is -0.449 e. The average molecular weight is 785 g/mol. The van der Waals surface area contributed by atoms with Crippen LogP contribution in [0.4, 0.5) is 4.79 Å². The number of primary amides is 1. The first-order chi connectivity index (χ1) is 26.5. The van der Waals surface area contributed by atoms with E-state index in [9.17, 15) is 33.6 Å². The standard InChI is InChI=1S/C41H64N6O9/c1-7-14-30(35(49)38(52)43-22-33(48)44-31(36(42)50)19-20-41(4,5)6)45-37(51)32-21-29(55-25-27-15-10-8-11-16-27)23-47(32)39(53)34(28-17-12-9-13-18-28)46-40(54)56-24-26(2)3/h8,10-11,15-16,26,28-32,34H,7,9,12-14,17-25H2,1-6H3,(H2,42,50)(H,43,52)(H,44,48)(H,45,51)(H,46,54)/t29-,30?,31?,32+,34?/m1/s1. The zero-order valence-corrected chi connectivity index (χ0v) is 34.0. The molecule has 3 rings (SSSR count). The van der Waals surface area contributed by atoms with E-state index in [1.54, 1.807) is 6.92 Å². The maximum atomic E-state index is 14.5. The molecule has 6 N–H and O–H groups in total. The zero-order chi connectivity index (χ0) is 41.4. The second kappa shape index (κ2) is 22.3. The van der Waals surface area contributed by atoms with Gasteiger partial charge in [0.2, 0.25) is 29.4 Å². The lowest BCUT2D eigenvalue weighted by Gasteiger charge is -2.34. The number of amides is 6. The van der Waals surface area contributed by atoms with Crippen LogP contribution in [0.15, 0.2) is 30.3 Å². The molecule has 1 aliphatic carbocycles. The third-order valence-corrected chi connectivity index (χ3v) is 10.1. The quantitative estimate of drug-likeness (QED) is 0.123. The third kappa shape index (κ3) is 15.2. The number of carbonyl (C=O) groups is 7. The summed E-state index contributed by atoms with van der Waals surface area (Å²) < 4.78 is 11.6. The monoisotopic (exact) mass is 784 g/mol. The van der Waals surface area contributed by atoms with Crippen LogP contribution in [0.25, 0.3) is 0 Å². The highest BCUT2D eigenvalue weighted by Gasteiger charge is 2.45. The van der Waals surface area contributed by atoms with Gasteiger partial charge in [-0.1, -0.05) is 97.6 Å². The van der Waals surface area contributed by atoms with Gasteiger partial charge in [0.15, 0.2) is 0 Å². The summed E-state index contributed by atoms with van der Waals surface area (Å²) in [5.74, 6) is -4.62. The number of Topliss-reactive ketones (excluding diaryl/α,β-unsaturated/α-hetero) is 1. The van der Waals surface area contributed by atoms with Crippen molar-refractivity contribution in [2.75, 3.05) is 19.7 Å². The molecule has 1 aromatic carbocycles. The van der Waals surface area contributed by atoms with Gasteiger partial charge in [-0.05, 0) is 54.9 Å². The zero-order valence-electron chi connectivity index (χ0n) is 34.0. The highest BCUT2D eigenvalue weighted by Crippen LogP contribution is 2.30. The highest BCUT2D eigenvalue weighted by molar-refractivity contribution is 6.38. The number of alkyl carbamates (subject to hydrolysis) is 1. The Balaban J connectivity index is 1.76. The Morgan fingerprint density at radius 2 is 1.59 bits per heavy atom. The summed E-state index contributed by atoms with van der Waals surface area (Å²) in [4.78, 5) is 94.0. The van der Waals surface area contributed by atoms with Gasteiger partial charge >= 0.3 is 6.09 Å². The molecule has 15 heteroatoms. The molecule has 1 saturated heterocycles. The smallest absolute Gasteiger partial charge is 0.407 e. The van der Waals surface area contributed by atoms with Crippen LogP contribution in [0.1, 0.15) is 111 Å². The van der Waals surface area contributed by atoms with Crippen molar-refractivity contribution in [3.63, 3.8) is 0 Å². The van der Waals surface area contributed by atoms with Crippen molar-refractivity contribution in [3.8, 4) is 0 Å². The molecule has 3 unspecified atom stereocenters. The molecule has 1 heterocycles. The van der Waals surface area contributed by atoms with Crippen molar-refractivity contribution < 1.29 is 43.0 Å². The minimum atomic E-state index is -1.25. The van der Waals surface area contributed by atoms with Crippen molar-refractivity contribution in [1.29, 1.82) is 0 Å².